The van der Waals surface area contributed by atoms with Crippen LogP contribution in [0.5, 0.6) is 0 Å². The smallest absolute Gasteiger partial charge is 0.179 e. The van der Waals surface area contributed by atoms with E-state index in [1.807, 2.05) is 13.8 Å². The molecule has 0 radical (unpaired) electrons. The predicted octanol–water partition coefficient (Wildman–Crippen LogP) is 5.24. The topological polar surface area (TPSA) is 119 Å². The van der Waals surface area contributed by atoms with Crippen molar-refractivity contribution in [2.75, 3.05) is 11.5 Å². The van der Waals surface area contributed by atoms with Crippen LogP contribution in [-0.2, 0) is 24.5 Å². The average Bonchev–Trinajstić information content (AvgIpc) is 2.92. The summed E-state index contributed by atoms with van der Waals surface area (Å²) in [6, 6.07) is 18.0. The van der Waals surface area contributed by atoms with Gasteiger partial charge in [-0.3, -0.25) is 14.4 Å². The summed E-state index contributed by atoms with van der Waals surface area (Å²) in [4.78, 5) is 38.1. The second kappa shape index (κ2) is 12.8. The first-order valence-electron chi connectivity index (χ1n) is 13.0. The molecule has 9 heteroatoms. The van der Waals surface area contributed by atoms with Gasteiger partial charge in [0.05, 0.1) is 27.2 Å². The molecule has 0 aliphatic heterocycles. The molecule has 3 aromatic rings. The Labute approximate surface area is 236 Å². The molecule has 0 N–H and O–H groups in total. The molecule has 0 aromatic heterocycles. The normalized spacial score (nSPS) is 12.7. The van der Waals surface area contributed by atoms with Crippen molar-refractivity contribution in [1.29, 1.82) is 0 Å². The minimum Gasteiger partial charge on any atom is -0.299 e. The van der Waals surface area contributed by atoms with Gasteiger partial charge in [-0.2, -0.15) is 0 Å². The number of sulfone groups is 2. The summed E-state index contributed by atoms with van der Waals surface area (Å²) in [5.41, 5.74) is 2.12. The summed E-state index contributed by atoms with van der Waals surface area (Å²) in [5, 5.41) is 0. The van der Waals surface area contributed by atoms with Gasteiger partial charge in [0, 0.05) is 29.9 Å². The van der Waals surface area contributed by atoms with Gasteiger partial charge in [0.1, 0.15) is 5.78 Å². The number of rotatable bonds is 13. The fourth-order valence-electron chi connectivity index (χ4n) is 4.33. The van der Waals surface area contributed by atoms with Crippen LogP contribution in [0.4, 0.5) is 0 Å². The van der Waals surface area contributed by atoms with Crippen LogP contribution in [0, 0.1) is 25.7 Å². The molecule has 0 saturated heterocycles. The third-order valence-electron chi connectivity index (χ3n) is 6.85. The van der Waals surface area contributed by atoms with E-state index in [9.17, 15) is 31.2 Å². The number of aryl methyl sites for hydroxylation is 2. The standard InChI is InChI=1S/C31H34O7S2/c1-5-29(32)23(4)18-30(33)24-10-12-25(13-11-24)31(34)26(19-39(35,36)27-14-6-21(2)7-15-27)20-40(37,38)28-16-8-22(3)9-17-28/h6-17,23,26H,5,18-20H2,1-4H3. The molecule has 0 fully saturated rings. The van der Waals surface area contributed by atoms with Crippen LogP contribution < -0.4 is 0 Å². The molecule has 0 aliphatic rings. The van der Waals surface area contributed by atoms with Gasteiger partial charge in [-0.05, 0) is 38.1 Å². The molecular weight excluding hydrogens is 548 g/mol. The molecule has 1 atom stereocenters. The number of hydrogen-bond acceptors (Lipinski definition) is 7. The Morgan fingerprint density at radius 3 is 1.45 bits per heavy atom. The summed E-state index contributed by atoms with van der Waals surface area (Å²) in [5.74, 6) is -4.14. The average molecular weight is 583 g/mol. The molecule has 1 unspecified atom stereocenters. The van der Waals surface area contributed by atoms with Gasteiger partial charge in [-0.15, -0.1) is 0 Å². The van der Waals surface area contributed by atoms with Crippen molar-refractivity contribution in [3.05, 3.63) is 95.1 Å². The van der Waals surface area contributed by atoms with Crippen molar-refractivity contribution in [2.45, 2.75) is 50.3 Å². The molecule has 0 saturated carbocycles. The number of benzene rings is 3. The fraction of sp³-hybridized carbons (Fsp3) is 0.323. The maximum absolute atomic E-state index is 13.6. The molecule has 0 heterocycles. The molecule has 3 aromatic carbocycles. The van der Waals surface area contributed by atoms with Crippen molar-refractivity contribution < 1.29 is 31.2 Å². The molecule has 3 rings (SSSR count). The first-order valence-corrected chi connectivity index (χ1v) is 16.3. The zero-order chi connectivity index (χ0) is 29.7. The largest absolute Gasteiger partial charge is 0.299 e. The van der Waals surface area contributed by atoms with Gasteiger partial charge in [0.15, 0.2) is 31.2 Å². The van der Waals surface area contributed by atoms with Crippen molar-refractivity contribution in [3.8, 4) is 0 Å². The van der Waals surface area contributed by atoms with E-state index < -0.39 is 48.8 Å². The third-order valence-corrected chi connectivity index (χ3v) is 10.5. The van der Waals surface area contributed by atoms with Crippen molar-refractivity contribution in [3.63, 3.8) is 0 Å². The Bertz CT molecular complexity index is 1510. The Balaban J connectivity index is 1.92. The molecule has 212 valence electrons. The van der Waals surface area contributed by atoms with Crippen LogP contribution in [-0.4, -0.2) is 45.7 Å². The maximum Gasteiger partial charge on any atom is 0.179 e. The summed E-state index contributed by atoms with van der Waals surface area (Å²) in [6.45, 7) is 7.05. The van der Waals surface area contributed by atoms with Crippen LogP contribution >= 0.6 is 0 Å². The first-order chi connectivity index (χ1) is 18.7. The molecular formula is C31H34O7S2. The molecule has 0 aliphatic carbocycles. The van der Waals surface area contributed by atoms with Crippen LogP contribution in [0.25, 0.3) is 0 Å². The van der Waals surface area contributed by atoms with Crippen LogP contribution in [0.1, 0.15) is 58.5 Å². The van der Waals surface area contributed by atoms with E-state index in [2.05, 4.69) is 0 Å². The Morgan fingerprint density at radius 1 is 0.650 bits per heavy atom. The minimum atomic E-state index is -4.01. The van der Waals surface area contributed by atoms with E-state index in [-0.39, 0.29) is 33.3 Å². The maximum atomic E-state index is 13.6. The molecule has 40 heavy (non-hydrogen) atoms. The van der Waals surface area contributed by atoms with Gasteiger partial charge >= 0.3 is 0 Å². The lowest BCUT2D eigenvalue weighted by atomic mass is 9.93. The van der Waals surface area contributed by atoms with E-state index in [0.717, 1.165) is 11.1 Å². The highest BCUT2D eigenvalue weighted by molar-refractivity contribution is 7.92. The van der Waals surface area contributed by atoms with Crippen LogP contribution in [0.3, 0.4) is 0 Å². The SMILES string of the molecule is CCC(=O)C(C)CC(=O)c1ccc(C(=O)C(CS(=O)(=O)c2ccc(C)cc2)CS(=O)(=O)c2ccc(C)cc2)cc1. The van der Waals surface area contributed by atoms with Crippen molar-refractivity contribution >= 4 is 37.0 Å². The lowest BCUT2D eigenvalue weighted by Gasteiger charge is -2.17. The van der Waals surface area contributed by atoms with Gasteiger partial charge in [-0.1, -0.05) is 73.5 Å². The zero-order valence-electron chi connectivity index (χ0n) is 23.1. The quantitative estimate of drug-likeness (QED) is 0.253. The highest BCUT2D eigenvalue weighted by atomic mass is 32.2. The summed E-state index contributed by atoms with van der Waals surface area (Å²) in [7, 11) is -8.02. The fourth-order valence-corrected chi connectivity index (χ4v) is 7.56. The first kappa shape index (κ1) is 31.1. The Morgan fingerprint density at radius 2 is 1.05 bits per heavy atom. The molecule has 0 bridgehead atoms. The Kier molecular flexibility index (Phi) is 9.97. The predicted molar refractivity (Wildman–Crippen MR) is 154 cm³/mol. The Hall–Kier alpha value is -3.43. The van der Waals surface area contributed by atoms with Gasteiger partial charge in [0.2, 0.25) is 0 Å². The van der Waals surface area contributed by atoms with Gasteiger partial charge < -0.3 is 0 Å². The highest BCUT2D eigenvalue weighted by Gasteiger charge is 2.33. The second-order valence-electron chi connectivity index (χ2n) is 10.2. The minimum absolute atomic E-state index is 0.000301. The molecule has 0 spiro atoms. The number of ketones is 3. The van der Waals surface area contributed by atoms with Gasteiger partial charge in [-0.25, -0.2) is 16.8 Å². The van der Waals surface area contributed by atoms with Gasteiger partial charge in [0.25, 0.3) is 0 Å². The number of carbonyl (C=O) groups excluding carboxylic acids is 3. The van der Waals surface area contributed by atoms with E-state index in [1.165, 1.54) is 48.5 Å². The lowest BCUT2D eigenvalue weighted by molar-refractivity contribution is -0.122. The lowest BCUT2D eigenvalue weighted by Crippen LogP contribution is -2.31. The monoisotopic (exact) mass is 582 g/mol. The van der Waals surface area contributed by atoms with E-state index in [1.54, 1.807) is 38.1 Å². The third kappa shape index (κ3) is 7.82. The number of Topliss-reactive ketones (excluding diaryl/α,β-unsaturated/α-hetero) is 3. The molecule has 7 nitrogen and oxygen atoms in total. The van der Waals surface area contributed by atoms with Crippen molar-refractivity contribution in [1.82, 2.24) is 0 Å². The van der Waals surface area contributed by atoms with E-state index >= 15 is 0 Å². The summed E-state index contributed by atoms with van der Waals surface area (Å²) < 4.78 is 53.1. The van der Waals surface area contributed by atoms with E-state index in [0.29, 0.717) is 12.0 Å². The summed E-state index contributed by atoms with van der Waals surface area (Å²) in [6.07, 6.45) is 0.368. The summed E-state index contributed by atoms with van der Waals surface area (Å²) >= 11 is 0. The van der Waals surface area contributed by atoms with Crippen LogP contribution in [0.15, 0.2) is 82.6 Å². The second-order valence-corrected chi connectivity index (χ2v) is 14.2. The van der Waals surface area contributed by atoms with E-state index in [4.69, 9.17) is 0 Å². The number of carbonyl (C=O) groups is 3. The highest BCUT2D eigenvalue weighted by Crippen LogP contribution is 2.23. The van der Waals surface area contributed by atoms with Crippen LogP contribution in [0.2, 0.25) is 0 Å². The molecule has 0 amide bonds. The number of hydrogen-bond donors (Lipinski definition) is 0. The zero-order valence-corrected chi connectivity index (χ0v) is 24.7. The van der Waals surface area contributed by atoms with Crippen molar-refractivity contribution in [2.24, 2.45) is 11.8 Å².